The number of carboxylic acid groups (broad SMARTS) is 1. The summed E-state index contributed by atoms with van der Waals surface area (Å²) in [7, 11) is 0. The van der Waals surface area contributed by atoms with Crippen molar-refractivity contribution < 1.29 is 14.7 Å². The first-order valence-corrected chi connectivity index (χ1v) is 8.79. The third-order valence-corrected chi connectivity index (χ3v) is 4.60. The Hall–Kier alpha value is -2.96. The Bertz CT molecular complexity index is 1080. The van der Waals surface area contributed by atoms with Crippen LogP contribution in [0.25, 0.3) is 10.8 Å². The quantitative estimate of drug-likeness (QED) is 0.561. The standard InChI is InChI=1S/C20H15ClN2O3S/c1-11-10-12(19(25)26)8-9-17(11)22-20(27)23-18(24)15-6-2-5-14-13(15)4-3-7-16(14)21/h2-10H,1H3,(H,25,26)(H2,22,23,24,27). The van der Waals surface area contributed by atoms with Gasteiger partial charge in [0.05, 0.1) is 5.56 Å². The van der Waals surface area contributed by atoms with E-state index in [1.807, 2.05) is 12.1 Å². The van der Waals surface area contributed by atoms with E-state index in [0.29, 0.717) is 21.8 Å². The van der Waals surface area contributed by atoms with Crippen LogP contribution >= 0.6 is 23.8 Å². The number of nitrogens with one attached hydrogen (secondary N) is 2. The van der Waals surface area contributed by atoms with Crippen molar-refractivity contribution in [3.05, 3.63) is 76.3 Å². The molecule has 0 spiro atoms. The average molecular weight is 399 g/mol. The van der Waals surface area contributed by atoms with E-state index >= 15 is 0 Å². The number of fused-ring (bicyclic) bond motifs is 1. The van der Waals surface area contributed by atoms with Crippen LogP contribution in [-0.4, -0.2) is 22.1 Å². The number of hydrogen-bond donors (Lipinski definition) is 3. The van der Waals surface area contributed by atoms with Gasteiger partial charge in [0.1, 0.15) is 0 Å². The number of amides is 1. The van der Waals surface area contributed by atoms with Gasteiger partial charge in [0.15, 0.2) is 5.11 Å². The highest BCUT2D eigenvalue weighted by atomic mass is 35.5. The van der Waals surface area contributed by atoms with Crippen molar-refractivity contribution in [3.8, 4) is 0 Å². The molecule has 1 amide bonds. The Kier molecular flexibility index (Phi) is 5.39. The van der Waals surface area contributed by atoms with Gasteiger partial charge in [-0.2, -0.15) is 0 Å². The summed E-state index contributed by atoms with van der Waals surface area (Å²) in [6, 6.07) is 15.3. The second-order valence-corrected chi connectivity index (χ2v) is 6.70. The predicted octanol–water partition coefficient (Wildman–Crippen LogP) is 4.63. The number of halogens is 1. The van der Waals surface area contributed by atoms with Crippen LogP contribution in [0.4, 0.5) is 5.69 Å². The zero-order chi connectivity index (χ0) is 19.6. The fourth-order valence-corrected chi connectivity index (χ4v) is 3.17. The molecule has 0 radical (unpaired) electrons. The third-order valence-electron chi connectivity index (χ3n) is 4.06. The van der Waals surface area contributed by atoms with Gasteiger partial charge < -0.3 is 10.4 Å². The summed E-state index contributed by atoms with van der Waals surface area (Å²) >= 11 is 11.4. The molecule has 0 aromatic heterocycles. The van der Waals surface area contributed by atoms with E-state index in [-0.39, 0.29) is 16.6 Å². The SMILES string of the molecule is Cc1cc(C(=O)O)ccc1NC(=S)NC(=O)c1cccc2c(Cl)cccc12. The van der Waals surface area contributed by atoms with E-state index in [9.17, 15) is 9.59 Å². The lowest BCUT2D eigenvalue weighted by Crippen LogP contribution is -2.34. The Labute approximate surface area is 166 Å². The van der Waals surface area contributed by atoms with Gasteiger partial charge in [0.2, 0.25) is 0 Å². The van der Waals surface area contributed by atoms with E-state index in [0.717, 1.165) is 10.8 Å². The molecule has 0 aliphatic rings. The number of thiocarbonyl (C=S) groups is 1. The van der Waals surface area contributed by atoms with Crippen molar-refractivity contribution in [1.29, 1.82) is 0 Å². The van der Waals surface area contributed by atoms with Crippen LogP contribution in [0.5, 0.6) is 0 Å². The van der Waals surface area contributed by atoms with Crippen molar-refractivity contribution in [1.82, 2.24) is 5.32 Å². The van der Waals surface area contributed by atoms with E-state index in [1.165, 1.54) is 12.1 Å². The van der Waals surface area contributed by atoms with Crippen LogP contribution < -0.4 is 10.6 Å². The van der Waals surface area contributed by atoms with Gasteiger partial charge in [-0.25, -0.2) is 4.79 Å². The fourth-order valence-electron chi connectivity index (χ4n) is 2.73. The molecule has 0 atom stereocenters. The first-order valence-electron chi connectivity index (χ1n) is 8.00. The molecule has 3 aromatic carbocycles. The molecular weight excluding hydrogens is 384 g/mol. The number of anilines is 1. The van der Waals surface area contributed by atoms with Crippen LogP contribution in [0.15, 0.2) is 54.6 Å². The number of carbonyl (C=O) groups is 2. The van der Waals surface area contributed by atoms with Crippen LogP contribution in [0.2, 0.25) is 5.02 Å². The zero-order valence-corrected chi connectivity index (χ0v) is 15.8. The summed E-state index contributed by atoms with van der Waals surface area (Å²) in [6.07, 6.45) is 0. The molecule has 3 N–H and O–H groups in total. The van der Waals surface area contributed by atoms with Crippen molar-refractivity contribution >= 4 is 57.3 Å². The fraction of sp³-hybridized carbons (Fsp3) is 0.0500. The van der Waals surface area contributed by atoms with Gasteiger partial charge in [-0.1, -0.05) is 35.9 Å². The molecule has 0 aliphatic heterocycles. The molecule has 3 aromatic rings. The normalized spacial score (nSPS) is 10.4. The molecule has 7 heteroatoms. The largest absolute Gasteiger partial charge is 0.478 e. The van der Waals surface area contributed by atoms with Crippen LogP contribution in [0.1, 0.15) is 26.3 Å². The Morgan fingerprint density at radius 1 is 1.04 bits per heavy atom. The molecule has 3 rings (SSSR count). The van der Waals surface area contributed by atoms with Crippen LogP contribution in [0.3, 0.4) is 0 Å². The molecule has 5 nitrogen and oxygen atoms in total. The van der Waals surface area contributed by atoms with E-state index in [1.54, 1.807) is 37.3 Å². The molecule has 27 heavy (non-hydrogen) atoms. The monoisotopic (exact) mass is 398 g/mol. The first kappa shape index (κ1) is 18.8. The Morgan fingerprint density at radius 2 is 1.74 bits per heavy atom. The summed E-state index contributed by atoms with van der Waals surface area (Å²) in [6.45, 7) is 1.76. The van der Waals surface area contributed by atoms with Gasteiger partial charge in [-0.3, -0.25) is 10.1 Å². The summed E-state index contributed by atoms with van der Waals surface area (Å²) in [5.41, 5.74) is 1.95. The van der Waals surface area contributed by atoms with Gasteiger partial charge in [0.25, 0.3) is 5.91 Å². The summed E-state index contributed by atoms with van der Waals surface area (Å²) in [5, 5.41) is 16.8. The second kappa shape index (κ2) is 7.73. The number of benzene rings is 3. The van der Waals surface area contributed by atoms with E-state index in [4.69, 9.17) is 28.9 Å². The Balaban J connectivity index is 1.78. The number of rotatable bonds is 3. The number of aryl methyl sites for hydroxylation is 1. The maximum absolute atomic E-state index is 12.6. The summed E-state index contributed by atoms with van der Waals surface area (Å²) in [5.74, 6) is -1.37. The maximum Gasteiger partial charge on any atom is 0.335 e. The molecule has 0 saturated heterocycles. The number of carbonyl (C=O) groups excluding carboxylic acids is 1. The summed E-state index contributed by atoms with van der Waals surface area (Å²) < 4.78 is 0. The first-order chi connectivity index (χ1) is 12.9. The number of hydrogen-bond acceptors (Lipinski definition) is 3. The second-order valence-electron chi connectivity index (χ2n) is 5.88. The highest BCUT2D eigenvalue weighted by molar-refractivity contribution is 7.80. The predicted molar refractivity (Wildman–Crippen MR) is 111 cm³/mol. The van der Waals surface area contributed by atoms with Crippen molar-refractivity contribution in [3.63, 3.8) is 0 Å². The van der Waals surface area contributed by atoms with E-state index < -0.39 is 5.97 Å². The molecule has 136 valence electrons. The van der Waals surface area contributed by atoms with Crippen molar-refractivity contribution in [2.45, 2.75) is 6.92 Å². The minimum absolute atomic E-state index is 0.116. The lowest BCUT2D eigenvalue weighted by Gasteiger charge is -2.13. The minimum atomic E-state index is -1.00. The molecule has 0 saturated carbocycles. The molecule has 0 fully saturated rings. The highest BCUT2D eigenvalue weighted by Gasteiger charge is 2.13. The average Bonchev–Trinajstić information content (AvgIpc) is 2.63. The topological polar surface area (TPSA) is 78.4 Å². The maximum atomic E-state index is 12.6. The third kappa shape index (κ3) is 4.07. The zero-order valence-electron chi connectivity index (χ0n) is 14.2. The molecule has 0 heterocycles. The highest BCUT2D eigenvalue weighted by Crippen LogP contribution is 2.26. The smallest absolute Gasteiger partial charge is 0.335 e. The lowest BCUT2D eigenvalue weighted by atomic mass is 10.0. The van der Waals surface area contributed by atoms with E-state index in [2.05, 4.69) is 10.6 Å². The number of carboxylic acids is 1. The van der Waals surface area contributed by atoms with Gasteiger partial charge in [-0.05, 0) is 60.4 Å². The molecule has 0 unspecified atom stereocenters. The number of aromatic carboxylic acids is 1. The van der Waals surface area contributed by atoms with Crippen molar-refractivity contribution in [2.75, 3.05) is 5.32 Å². The van der Waals surface area contributed by atoms with Crippen LogP contribution in [0, 0.1) is 6.92 Å². The minimum Gasteiger partial charge on any atom is -0.478 e. The Morgan fingerprint density at radius 3 is 2.44 bits per heavy atom. The molecule has 0 aliphatic carbocycles. The summed E-state index contributed by atoms with van der Waals surface area (Å²) in [4.78, 5) is 23.6. The van der Waals surface area contributed by atoms with Gasteiger partial charge in [-0.15, -0.1) is 0 Å². The van der Waals surface area contributed by atoms with Gasteiger partial charge in [0, 0.05) is 21.7 Å². The van der Waals surface area contributed by atoms with Crippen molar-refractivity contribution in [2.24, 2.45) is 0 Å². The molecular formula is C20H15ClN2O3S. The molecule has 0 bridgehead atoms. The van der Waals surface area contributed by atoms with Crippen LogP contribution in [-0.2, 0) is 0 Å². The van der Waals surface area contributed by atoms with Gasteiger partial charge >= 0.3 is 5.97 Å². The lowest BCUT2D eigenvalue weighted by molar-refractivity contribution is 0.0696.